The highest BCUT2D eigenvalue weighted by molar-refractivity contribution is 5.94. The fourth-order valence-corrected chi connectivity index (χ4v) is 2.23. The molecule has 1 heterocycles. The molecule has 0 radical (unpaired) electrons. The van der Waals surface area contributed by atoms with Gasteiger partial charge in [0.15, 0.2) is 0 Å². The van der Waals surface area contributed by atoms with Crippen LogP contribution in [0.3, 0.4) is 0 Å². The van der Waals surface area contributed by atoms with Crippen molar-refractivity contribution in [3.63, 3.8) is 0 Å². The Morgan fingerprint density at radius 1 is 1.35 bits per heavy atom. The van der Waals surface area contributed by atoms with Crippen LogP contribution in [0.4, 0.5) is 5.69 Å². The van der Waals surface area contributed by atoms with E-state index in [2.05, 4.69) is 12.2 Å². The van der Waals surface area contributed by atoms with Gasteiger partial charge in [-0.1, -0.05) is 20.3 Å². The number of carbonyl (C=O) groups is 1. The van der Waals surface area contributed by atoms with Crippen molar-refractivity contribution in [2.75, 3.05) is 5.32 Å². The Hall–Kier alpha value is -2.10. The predicted octanol–water partition coefficient (Wildman–Crippen LogP) is 3.48. The van der Waals surface area contributed by atoms with Crippen molar-refractivity contribution in [1.29, 1.82) is 0 Å². The summed E-state index contributed by atoms with van der Waals surface area (Å²) < 4.78 is 5.17. The monoisotopic (exact) mass is 273 g/mol. The molecule has 0 aliphatic rings. The summed E-state index contributed by atoms with van der Waals surface area (Å²) in [4.78, 5) is 23.3. The first kappa shape index (κ1) is 14.3. The fourth-order valence-electron chi connectivity index (χ4n) is 2.23. The van der Waals surface area contributed by atoms with Gasteiger partial charge >= 0.3 is 5.63 Å². The normalized spacial score (nSPS) is 12.3. The van der Waals surface area contributed by atoms with Gasteiger partial charge in [0.25, 0.3) is 0 Å². The van der Waals surface area contributed by atoms with Crippen LogP contribution >= 0.6 is 0 Å². The molecule has 0 bridgehead atoms. The quantitative estimate of drug-likeness (QED) is 0.868. The molecule has 4 heteroatoms. The van der Waals surface area contributed by atoms with Crippen LogP contribution in [-0.4, -0.2) is 5.91 Å². The molecule has 4 nitrogen and oxygen atoms in total. The van der Waals surface area contributed by atoms with Crippen molar-refractivity contribution in [1.82, 2.24) is 0 Å². The Morgan fingerprint density at radius 2 is 2.10 bits per heavy atom. The van der Waals surface area contributed by atoms with E-state index in [-0.39, 0.29) is 17.5 Å². The van der Waals surface area contributed by atoms with E-state index in [1.165, 1.54) is 6.07 Å². The van der Waals surface area contributed by atoms with E-state index in [1.54, 1.807) is 6.07 Å². The molecule has 0 aliphatic heterocycles. The third-order valence-electron chi connectivity index (χ3n) is 3.39. The number of aryl methyl sites for hydroxylation is 1. The van der Waals surface area contributed by atoms with Crippen molar-refractivity contribution < 1.29 is 9.21 Å². The number of anilines is 1. The van der Waals surface area contributed by atoms with Gasteiger partial charge in [0, 0.05) is 29.1 Å². The van der Waals surface area contributed by atoms with E-state index in [4.69, 9.17) is 4.42 Å². The molecule has 1 unspecified atom stereocenters. The summed E-state index contributed by atoms with van der Waals surface area (Å²) in [7, 11) is 0. The minimum Gasteiger partial charge on any atom is -0.423 e. The minimum absolute atomic E-state index is 0.0128. The smallest absolute Gasteiger partial charge is 0.336 e. The van der Waals surface area contributed by atoms with Gasteiger partial charge in [-0.3, -0.25) is 4.79 Å². The second kappa shape index (κ2) is 5.90. The van der Waals surface area contributed by atoms with Gasteiger partial charge < -0.3 is 9.73 Å². The summed E-state index contributed by atoms with van der Waals surface area (Å²) in [6.45, 7) is 5.82. The molecule has 1 aromatic carbocycles. The Kier molecular flexibility index (Phi) is 4.23. The van der Waals surface area contributed by atoms with Crippen LogP contribution in [0.25, 0.3) is 11.0 Å². The first-order valence-corrected chi connectivity index (χ1v) is 6.86. The second-order valence-electron chi connectivity index (χ2n) is 5.14. The standard InChI is InChI=1S/C16H19NO3/c1-4-5-10(2)16(19)17-12-6-7-13-11(3)8-15(18)20-14(13)9-12/h6-10H,4-5H2,1-3H3,(H,17,19). The summed E-state index contributed by atoms with van der Waals surface area (Å²) >= 11 is 0. The van der Waals surface area contributed by atoms with E-state index in [0.29, 0.717) is 11.3 Å². The Bertz CT molecular complexity index is 688. The van der Waals surface area contributed by atoms with Gasteiger partial charge in [0.2, 0.25) is 5.91 Å². The van der Waals surface area contributed by atoms with Gasteiger partial charge in [-0.15, -0.1) is 0 Å². The highest BCUT2D eigenvalue weighted by atomic mass is 16.4. The van der Waals surface area contributed by atoms with Crippen LogP contribution < -0.4 is 10.9 Å². The maximum absolute atomic E-state index is 12.0. The number of nitrogens with one attached hydrogen (secondary N) is 1. The van der Waals surface area contributed by atoms with Crippen LogP contribution in [0.15, 0.2) is 33.5 Å². The Labute approximate surface area is 117 Å². The Balaban J connectivity index is 2.28. The summed E-state index contributed by atoms with van der Waals surface area (Å²) in [5.74, 6) is -0.0404. The summed E-state index contributed by atoms with van der Waals surface area (Å²) in [5.41, 5.74) is 1.64. The van der Waals surface area contributed by atoms with Crippen molar-refractivity contribution >= 4 is 22.6 Å². The van der Waals surface area contributed by atoms with Crippen LogP contribution in [0.2, 0.25) is 0 Å². The van der Waals surface area contributed by atoms with E-state index in [9.17, 15) is 9.59 Å². The van der Waals surface area contributed by atoms with Crippen LogP contribution in [0.1, 0.15) is 32.3 Å². The maximum atomic E-state index is 12.0. The molecule has 1 aromatic heterocycles. The van der Waals surface area contributed by atoms with Gasteiger partial charge in [0.05, 0.1) is 0 Å². The zero-order valence-corrected chi connectivity index (χ0v) is 12.0. The molecular weight excluding hydrogens is 254 g/mol. The third-order valence-corrected chi connectivity index (χ3v) is 3.39. The van der Waals surface area contributed by atoms with Crippen LogP contribution in [0.5, 0.6) is 0 Å². The molecule has 0 saturated heterocycles. The minimum atomic E-state index is -0.377. The number of fused-ring (bicyclic) bond motifs is 1. The number of hydrogen-bond donors (Lipinski definition) is 1. The molecular formula is C16H19NO3. The largest absolute Gasteiger partial charge is 0.423 e. The second-order valence-corrected chi connectivity index (χ2v) is 5.14. The highest BCUT2D eigenvalue weighted by Crippen LogP contribution is 2.21. The zero-order chi connectivity index (χ0) is 14.7. The van der Waals surface area contributed by atoms with Crippen LogP contribution in [-0.2, 0) is 4.79 Å². The van der Waals surface area contributed by atoms with Gasteiger partial charge in [0.1, 0.15) is 5.58 Å². The predicted molar refractivity (Wildman–Crippen MR) is 79.9 cm³/mol. The topological polar surface area (TPSA) is 59.3 Å². The lowest BCUT2D eigenvalue weighted by Gasteiger charge is -2.11. The molecule has 0 aliphatic carbocycles. The van der Waals surface area contributed by atoms with E-state index in [1.807, 2.05) is 26.0 Å². The van der Waals surface area contributed by atoms with Gasteiger partial charge in [-0.2, -0.15) is 0 Å². The first-order chi connectivity index (χ1) is 9.51. The highest BCUT2D eigenvalue weighted by Gasteiger charge is 2.12. The summed E-state index contributed by atoms with van der Waals surface area (Å²) in [6.07, 6.45) is 1.83. The van der Waals surface area contributed by atoms with Gasteiger partial charge in [-0.25, -0.2) is 4.79 Å². The lowest BCUT2D eigenvalue weighted by Crippen LogP contribution is -2.20. The fraction of sp³-hybridized carbons (Fsp3) is 0.375. The molecule has 106 valence electrons. The Morgan fingerprint density at radius 3 is 2.80 bits per heavy atom. The van der Waals surface area contributed by atoms with Crippen LogP contribution in [0, 0.1) is 12.8 Å². The van der Waals surface area contributed by atoms with E-state index >= 15 is 0 Å². The van der Waals surface area contributed by atoms with Crippen molar-refractivity contribution in [3.8, 4) is 0 Å². The molecule has 0 fully saturated rings. The van der Waals surface area contributed by atoms with Crippen molar-refractivity contribution in [2.45, 2.75) is 33.6 Å². The molecule has 2 aromatic rings. The maximum Gasteiger partial charge on any atom is 0.336 e. The van der Waals surface area contributed by atoms with Crippen molar-refractivity contribution in [3.05, 3.63) is 40.2 Å². The molecule has 2 rings (SSSR count). The average Bonchev–Trinajstić information content (AvgIpc) is 2.38. The van der Waals surface area contributed by atoms with E-state index < -0.39 is 0 Å². The molecule has 20 heavy (non-hydrogen) atoms. The van der Waals surface area contributed by atoms with Crippen molar-refractivity contribution in [2.24, 2.45) is 5.92 Å². The zero-order valence-electron chi connectivity index (χ0n) is 12.0. The SMILES string of the molecule is CCCC(C)C(=O)Nc1ccc2c(C)cc(=O)oc2c1. The summed E-state index contributed by atoms with van der Waals surface area (Å²) in [6, 6.07) is 6.84. The molecule has 1 atom stereocenters. The third kappa shape index (κ3) is 3.07. The van der Waals surface area contributed by atoms with Gasteiger partial charge in [-0.05, 0) is 31.0 Å². The average molecular weight is 273 g/mol. The number of benzene rings is 1. The van der Waals surface area contributed by atoms with E-state index in [0.717, 1.165) is 23.8 Å². The lowest BCUT2D eigenvalue weighted by molar-refractivity contribution is -0.119. The molecule has 0 spiro atoms. The molecule has 1 N–H and O–H groups in total. The first-order valence-electron chi connectivity index (χ1n) is 6.86. The molecule has 0 saturated carbocycles. The summed E-state index contributed by atoms with van der Waals surface area (Å²) in [5, 5.41) is 3.74. The number of carbonyl (C=O) groups excluding carboxylic acids is 1. The number of amides is 1. The molecule has 1 amide bonds. The number of rotatable bonds is 4. The number of hydrogen-bond acceptors (Lipinski definition) is 3. The lowest BCUT2D eigenvalue weighted by atomic mass is 10.1.